The zero-order valence-electron chi connectivity index (χ0n) is 9.94. The number of rotatable bonds is 5. The number of nitriles is 1. The highest BCUT2D eigenvalue weighted by Crippen LogP contribution is 2.15. The largest absolute Gasteiger partial charge is 0.390 e. The Kier molecular flexibility index (Phi) is 4.88. The molecule has 17 heavy (non-hydrogen) atoms. The van der Waals surface area contributed by atoms with Crippen molar-refractivity contribution < 1.29 is 9.50 Å². The molecule has 0 aliphatic rings. The minimum Gasteiger partial charge on any atom is -0.390 e. The van der Waals surface area contributed by atoms with Gasteiger partial charge in [0.1, 0.15) is 5.82 Å². The van der Waals surface area contributed by atoms with Crippen LogP contribution in [0.15, 0.2) is 18.2 Å². The van der Waals surface area contributed by atoms with Gasteiger partial charge in [0.05, 0.1) is 23.4 Å². The number of nitrogens with one attached hydrogen (secondary N) is 1. The van der Waals surface area contributed by atoms with E-state index < -0.39 is 11.9 Å². The van der Waals surface area contributed by atoms with Gasteiger partial charge < -0.3 is 15.3 Å². The highest BCUT2D eigenvalue weighted by Gasteiger charge is 2.07. The molecular formula is C12H16FN3O. The van der Waals surface area contributed by atoms with Crippen LogP contribution in [0.3, 0.4) is 0 Å². The zero-order chi connectivity index (χ0) is 12.8. The summed E-state index contributed by atoms with van der Waals surface area (Å²) < 4.78 is 13.4. The van der Waals surface area contributed by atoms with Gasteiger partial charge in [-0.05, 0) is 32.3 Å². The average molecular weight is 237 g/mol. The lowest BCUT2D eigenvalue weighted by Gasteiger charge is -2.17. The topological polar surface area (TPSA) is 59.3 Å². The maximum Gasteiger partial charge on any atom is 0.147 e. The fraction of sp³-hybridized carbons (Fsp3) is 0.417. The van der Waals surface area contributed by atoms with E-state index in [1.165, 1.54) is 18.2 Å². The van der Waals surface area contributed by atoms with Crippen molar-refractivity contribution >= 4 is 5.69 Å². The average Bonchev–Trinajstić information content (AvgIpc) is 2.26. The zero-order valence-corrected chi connectivity index (χ0v) is 9.94. The van der Waals surface area contributed by atoms with Gasteiger partial charge in [-0.1, -0.05) is 0 Å². The molecule has 0 saturated heterocycles. The second-order valence-corrected chi connectivity index (χ2v) is 4.10. The van der Waals surface area contributed by atoms with Crippen LogP contribution in [-0.4, -0.2) is 43.3 Å². The highest BCUT2D eigenvalue weighted by molar-refractivity contribution is 5.48. The van der Waals surface area contributed by atoms with Crippen molar-refractivity contribution in [1.82, 2.24) is 4.90 Å². The number of aliphatic hydroxyl groups is 1. The van der Waals surface area contributed by atoms with E-state index in [4.69, 9.17) is 5.26 Å². The first kappa shape index (κ1) is 13.4. The van der Waals surface area contributed by atoms with E-state index in [2.05, 4.69) is 5.32 Å². The summed E-state index contributed by atoms with van der Waals surface area (Å²) in [4.78, 5) is 1.85. The molecule has 0 aliphatic heterocycles. The Hall–Kier alpha value is -1.64. The van der Waals surface area contributed by atoms with E-state index in [1.807, 2.05) is 25.1 Å². The Morgan fingerprint density at radius 3 is 2.76 bits per heavy atom. The summed E-state index contributed by atoms with van der Waals surface area (Å²) in [7, 11) is 3.71. The van der Waals surface area contributed by atoms with Crippen LogP contribution in [-0.2, 0) is 0 Å². The lowest BCUT2D eigenvalue weighted by molar-refractivity contribution is 0.148. The summed E-state index contributed by atoms with van der Waals surface area (Å²) in [6.07, 6.45) is -0.569. The van der Waals surface area contributed by atoms with E-state index in [9.17, 15) is 9.50 Å². The predicted molar refractivity (Wildman–Crippen MR) is 64.2 cm³/mol. The Bertz CT molecular complexity index is 415. The summed E-state index contributed by atoms with van der Waals surface area (Å²) in [5.74, 6) is -0.485. The molecule has 0 heterocycles. The van der Waals surface area contributed by atoms with Crippen LogP contribution in [0.25, 0.3) is 0 Å². The number of likely N-dealkylation sites (N-methyl/N-ethyl adjacent to an activating group) is 1. The number of aliphatic hydroxyl groups excluding tert-OH is 1. The molecule has 0 aromatic heterocycles. The Labute approximate surface area is 100 Å². The van der Waals surface area contributed by atoms with Gasteiger partial charge in [0.15, 0.2) is 0 Å². The smallest absolute Gasteiger partial charge is 0.147 e. The fourth-order valence-corrected chi connectivity index (χ4v) is 1.44. The number of nitrogens with zero attached hydrogens (tertiary/aromatic N) is 2. The Morgan fingerprint density at radius 1 is 1.53 bits per heavy atom. The van der Waals surface area contributed by atoms with Crippen LogP contribution in [0.2, 0.25) is 0 Å². The molecule has 0 bridgehead atoms. The van der Waals surface area contributed by atoms with E-state index >= 15 is 0 Å². The fourth-order valence-electron chi connectivity index (χ4n) is 1.44. The summed E-state index contributed by atoms with van der Waals surface area (Å²) in [6, 6.07) is 6.06. The van der Waals surface area contributed by atoms with Crippen LogP contribution in [0, 0.1) is 17.1 Å². The van der Waals surface area contributed by atoms with E-state index in [0.717, 1.165) is 0 Å². The normalized spacial score (nSPS) is 12.2. The summed E-state index contributed by atoms with van der Waals surface area (Å²) in [5.41, 5.74) is 0.573. The van der Waals surface area contributed by atoms with Crippen LogP contribution >= 0.6 is 0 Å². The minimum atomic E-state index is -0.569. The first-order valence-corrected chi connectivity index (χ1v) is 5.29. The van der Waals surface area contributed by atoms with Crippen molar-refractivity contribution in [3.8, 4) is 6.07 Å². The van der Waals surface area contributed by atoms with Gasteiger partial charge in [-0.3, -0.25) is 0 Å². The first-order valence-electron chi connectivity index (χ1n) is 5.29. The Balaban J connectivity index is 2.55. The van der Waals surface area contributed by atoms with Crippen LogP contribution in [0.5, 0.6) is 0 Å². The third-order valence-electron chi connectivity index (χ3n) is 2.20. The molecule has 0 spiro atoms. The van der Waals surface area contributed by atoms with Crippen molar-refractivity contribution in [3.05, 3.63) is 29.6 Å². The third kappa shape index (κ3) is 4.39. The molecular weight excluding hydrogens is 221 g/mol. The van der Waals surface area contributed by atoms with Crippen LogP contribution < -0.4 is 5.32 Å². The molecule has 1 aromatic rings. The molecule has 2 N–H and O–H groups in total. The van der Waals surface area contributed by atoms with Gasteiger partial charge in [0, 0.05) is 13.1 Å². The van der Waals surface area contributed by atoms with E-state index in [1.54, 1.807) is 0 Å². The third-order valence-corrected chi connectivity index (χ3v) is 2.20. The molecule has 0 amide bonds. The molecule has 92 valence electrons. The second kappa shape index (κ2) is 6.18. The standard InChI is InChI=1S/C12H16FN3O/c1-16(2)8-10(17)7-15-12-4-3-9(6-14)5-11(12)13/h3-5,10,15,17H,7-8H2,1-2H3. The molecule has 0 aliphatic carbocycles. The highest BCUT2D eigenvalue weighted by atomic mass is 19.1. The Morgan fingerprint density at radius 2 is 2.24 bits per heavy atom. The molecule has 1 atom stereocenters. The van der Waals surface area contributed by atoms with Crippen molar-refractivity contribution in [2.45, 2.75) is 6.10 Å². The van der Waals surface area contributed by atoms with Gasteiger partial charge in [-0.15, -0.1) is 0 Å². The van der Waals surface area contributed by atoms with Crippen molar-refractivity contribution in [2.75, 3.05) is 32.5 Å². The summed E-state index contributed by atoms with van der Waals surface area (Å²) >= 11 is 0. The molecule has 1 rings (SSSR count). The number of hydrogen-bond acceptors (Lipinski definition) is 4. The molecule has 5 heteroatoms. The second-order valence-electron chi connectivity index (χ2n) is 4.10. The number of hydrogen-bond donors (Lipinski definition) is 2. The van der Waals surface area contributed by atoms with Gasteiger partial charge in [0.2, 0.25) is 0 Å². The van der Waals surface area contributed by atoms with Gasteiger partial charge in [0.25, 0.3) is 0 Å². The van der Waals surface area contributed by atoms with E-state index in [-0.39, 0.29) is 12.1 Å². The van der Waals surface area contributed by atoms with Crippen molar-refractivity contribution in [3.63, 3.8) is 0 Å². The molecule has 1 unspecified atom stereocenters. The molecule has 0 radical (unpaired) electrons. The summed E-state index contributed by atoms with van der Waals surface area (Å²) in [6.45, 7) is 0.770. The first-order chi connectivity index (χ1) is 8.02. The lowest BCUT2D eigenvalue weighted by atomic mass is 10.2. The lowest BCUT2D eigenvalue weighted by Crippen LogP contribution is -2.31. The molecule has 0 fully saturated rings. The van der Waals surface area contributed by atoms with Crippen molar-refractivity contribution in [2.24, 2.45) is 0 Å². The monoisotopic (exact) mass is 237 g/mol. The van der Waals surface area contributed by atoms with Crippen molar-refractivity contribution in [1.29, 1.82) is 5.26 Å². The predicted octanol–water partition coefficient (Wildman–Crippen LogP) is 1.03. The maximum absolute atomic E-state index is 13.4. The summed E-state index contributed by atoms with van der Waals surface area (Å²) in [5, 5.41) is 21.0. The van der Waals surface area contributed by atoms with Crippen LogP contribution in [0.1, 0.15) is 5.56 Å². The van der Waals surface area contributed by atoms with Gasteiger partial charge >= 0.3 is 0 Å². The number of anilines is 1. The minimum absolute atomic E-state index is 0.265. The quantitative estimate of drug-likeness (QED) is 0.803. The number of halogens is 1. The number of benzene rings is 1. The maximum atomic E-state index is 13.4. The van der Waals surface area contributed by atoms with Gasteiger partial charge in [-0.2, -0.15) is 5.26 Å². The molecule has 4 nitrogen and oxygen atoms in total. The van der Waals surface area contributed by atoms with Crippen LogP contribution in [0.4, 0.5) is 10.1 Å². The van der Waals surface area contributed by atoms with E-state index in [0.29, 0.717) is 12.2 Å². The van der Waals surface area contributed by atoms with Gasteiger partial charge in [-0.25, -0.2) is 4.39 Å². The molecule has 0 saturated carbocycles. The SMILES string of the molecule is CN(C)CC(O)CNc1ccc(C#N)cc1F. The molecule has 1 aromatic carbocycles.